The van der Waals surface area contributed by atoms with Gasteiger partial charge in [-0.25, -0.2) is 0 Å². The van der Waals surface area contributed by atoms with E-state index in [1.54, 1.807) is 0 Å². The molecule has 0 radical (unpaired) electrons. The molecule has 0 bridgehead atoms. The van der Waals surface area contributed by atoms with Gasteiger partial charge in [-0.3, -0.25) is 24.6 Å². The van der Waals surface area contributed by atoms with Crippen molar-refractivity contribution in [3.8, 4) is 0 Å². The highest BCUT2D eigenvalue weighted by Crippen LogP contribution is 2.31. The fourth-order valence-electron chi connectivity index (χ4n) is 7.62. The van der Waals surface area contributed by atoms with Crippen molar-refractivity contribution in [1.82, 2.24) is 15.7 Å². The Kier molecular flexibility index (Phi) is 8.94. The van der Waals surface area contributed by atoms with Crippen LogP contribution < -0.4 is 26.7 Å². The molecule has 1 saturated carbocycles. The Hall–Kier alpha value is -1.02. The highest BCUT2D eigenvalue weighted by molar-refractivity contribution is 5.76. The summed E-state index contributed by atoms with van der Waals surface area (Å²) in [5.41, 5.74) is 8.80. The van der Waals surface area contributed by atoms with E-state index in [1.807, 2.05) is 0 Å². The van der Waals surface area contributed by atoms with Crippen molar-refractivity contribution < 1.29 is 37.8 Å². The largest absolute Gasteiger partial charge is 0.522 e. The van der Waals surface area contributed by atoms with Gasteiger partial charge in [0.15, 0.2) is 6.23 Å². The van der Waals surface area contributed by atoms with Crippen molar-refractivity contribution in [1.29, 1.82) is 0 Å². The molecule has 8 atom stereocenters. The number of rotatable bonds is 7. The van der Waals surface area contributed by atoms with Crippen LogP contribution in [0.2, 0.25) is 0 Å². The molecule has 4 aliphatic heterocycles. The second-order valence-electron chi connectivity index (χ2n) is 12.0. The average Bonchev–Trinajstić information content (AvgIpc) is 3.53. The second kappa shape index (κ2) is 12.0. The number of likely N-dealkylation sites (tertiary alicyclic amines) is 2. The quantitative estimate of drug-likeness (QED) is 0.299. The van der Waals surface area contributed by atoms with Gasteiger partial charge in [-0.2, -0.15) is 5.48 Å². The number of hydroxylamine groups is 1. The van der Waals surface area contributed by atoms with Crippen molar-refractivity contribution in [3.05, 3.63) is 0 Å². The van der Waals surface area contributed by atoms with E-state index in [1.165, 1.54) is 4.90 Å². The lowest BCUT2D eigenvalue weighted by atomic mass is 9.86. The molecule has 7 unspecified atom stereocenters. The van der Waals surface area contributed by atoms with Crippen LogP contribution in [0.4, 0.5) is 13.2 Å². The topological polar surface area (TPSA) is 110 Å². The summed E-state index contributed by atoms with van der Waals surface area (Å²) < 4.78 is 42.5. The minimum Gasteiger partial charge on any atom is -0.369 e. The monoisotopic (exact) mass is 534 g/mol. The molecule has 7 N–H and O–H groups in total. The van der Waals surface area contributed by atoms with Crippen LogP contribution in [0.3, 0.4) is 0 Å². The molecule has 0 aromatic heterocycles. The molecule has 5 rings (SSSR count). The average molecular weight is 535 g/mol. The molecule has 37 heavy (non-hydrogen) atoms. The van der Waals surface area contributed by atoms with Gasteiger partial charge < -0.3 is 16.0 Å². The Balaban J connectivity index is 1.10. The highest BCUT2D eigenvalue weighted by atomic mass is 19.4. The zero-order valence-electron chi connectivity index (χ0n) is 21.7. The maximum atomic E-state index is 12.7. The Morgan fingerprint density at radius 3 is 2.68 bits per heavy atom. The number of nitrogens with zero attached hydrogens (tertiary/aromatic N) is 1. The van der Waals surface area contributed by atoms with Crippen LogP contribution in [0.5, 0.6) is 0 Å². The number of carbonyl (C=O) groups excluding carboxylic acids is 1. The van der Waals surface area contributed by atoms with Gasteiger partial charge >= 0.3 is 6.36 Å². The summed E-state index contributed by atoms with van der Waals surface area (Å²) in [4.78, 5) is 21.6. The van der Waals surface area contributed by atoms with Crippen LogP contribution in [0, 0.1) is 17.8 Å². The molecule has 5 aliphatic rings. The molecule has 212 valence electrons. The third-order valence-electron chi connectivity index (χ3n) is 9.55. The first kappa shape index (κ1) is 27.5. The zero-order valence-corrected chi connectivity index (χ0v) is 21.7. The van der Waals surface area contributed by atoms with Gasteiger partial charge in [0.05, 0.1) is 31.9 Å². The van der Waals surface area contributed by atoms with Crippen molar-refractivity contribution in [3.63, 3.8) is 0 Å². The van der Waals surface area contributed by atoms with Gasteiger partial charge in [-0.05, 0) is 32.1 Å². The van der Waals surface area contributed by atoms with Crippen LogP contribution in [0.1, 0.15) is 64.2 Å². The molecule has 0 spiro atoms. The predicted molar refractivity (Wildman–Crippen MR) is 128 cm³/mol. The number of carbonyl (C=O) groups is 1. The maximum absolute atomic E-state index is 12.7. The van der Waals surface area contributed by atoms with Gasteiger partial charge in [-0.15, -0.1) is 13.2 Å². The first-order chi connectivity index (χ1) is 17.7. The summed E-state index contributed by atoms with van der Waals surface area (Å²) in [7, 11) is 0. The van der Waals surface area contributed by atoms with Gasteiger partial charge in [0.25, 0.3) is 0 Å². The second-order valence-corrected chi connectivity index (χ2v) is 12.0. The van der Waals surface area contributed by atoms with E-state index in [-0.39, 0.29) is 30.1 Å². The highest BCUT2D eigenvalue weighted by Gasteiger charge is 2.45. The van der Waals surface area contributed by atoms with Crippen LogP contribution in [-0.2, 0) is 14.4 Å². The number of hydrogen-bond acceptors (Lipinski definition) is 6. The molecule has 4 heterocycles. The van der Waals surface area contributed by atoms with Gasteiger partial charge in [-0.1, -0.05) is 6.42 Å². The summed E-state index contributed by atoms with van der Waals surface area (Å²) in [6.07, 6.45) is 3.99. The van der Waals surface area contributed by atoms with Crippen LogP contribution >= 0.6 is 0 Å². The number of nitrogens with one attached hydrogen (secondary N) is 3. The fraction of sp³-hybridized carbons (Fsp3) is 0.960. The number of amides is 1. The lowest BCUT2D eigenvalue weighted by Gasteiger charge is -2.39. The third-order valence-corrected chi connectivity index (χ3v) is 9.55. The number of ether oxygens (including phenoxy) is 1. The molecule has 5 fully saturated rings. The van der Waals surface area contributed by atoms with Gasteiger partial charge in [0.1, 0.15) is 12.2 Å². The van der Waals surface area contributed by atoms with E-state index >= 15 is 0 Å². The molecule has 0 aromatic rings. The molecule has 1 amide bonds. The number of nitrogens with two attached hydrogens (primary N) is 2. The molecule has 0 aromatic carbocycles. The Bertz CT molecular complexity index is 768. The summed E-state index contributed by atoms with van der Waals surface area (Å²) in [6.45, 7) is 4.83. The van der Waals surface area contributed by atoms with Crippen molar-refractivity contribution in [2.45, 2.75) is 101 Å². The van der Waals surface area contributed by atoms with Crippen LogP contribution in [0.15, 0.2) is 0 Å². The van der Waals surface area contributed by atoms with Crippen LogP contribution in [-0.4, -0.2) is 80.6 Å². The van der Waals surface area contributed by atoms with Gasteiger partial charge in [0.2, 0.25) is 5.91 Å². The number of alkyl halides is 3. The Morgan fingerprint density at radius 2 is 1.92 bits per heavy atom. The van der Waals surface area contributed by atoms with Gasteiger partial charge in [0, 0.05) is 56.5 Å². The number of halogens is 3. The fourth-order valence-corrected chi connectivity index (χ4v) is 7.62. The lowest BCUT2D eigenvalue weighted by Crippen LogP contribution is -3.16. The van der Waals surface area contributed by atoms with E-state index in [2.05, 4.69) is 25.8 Å². The standard InChI is InChI=1S/C25H43F3N6O3/c26-25(27,28)36-19-4-1-3-16(13-19)15-34-10-2-5-20(34)24-31-23(32-37-24)18-6-9-30-21(14-18)33-11-7-17(8-12-33)22(29)35/h16-21,23-24,30-32H,1-15H2,(H2,29,35)/p+2/t16?,18?,19?,20-,21?,23?,24?/m0/s1. The number of hydrogen-bond donors (Lipinski definition) is 5. The van der Waals surface area contributed by atoms with Crippen molar-refractivity contribution in [2.75, 3.05) is 32.7 Å². The lowest BCUT2D eigenvalue weighted by molar-refractivity contribution is -0.919. The first-order valence-corrected chi connectivity index (χ1v) is 14.4. The minimum atomic E-state index is -4.55. The van der Waals surface area contributed by atoms with E-state index < -0.39 is 12.5 Å². The molecule has 1 aliphatic carbocycles. The van der Waals surface area contributed by atoms with Crippen LogP contribution in [0.25, 0.3) is 0 Å². The number of primary amides is 1. The van der Waals surface area contributed by atoms with Crippen molar-refractivity contribution >= 4 is 5.91 Å². The third kappa shape index (κ3) is 7.14. The van der Waals surface area contributed by atoms with Crippen molar-refractivity contribution in [2.24, 2.45) is 23.5 Å². The van der Waals surface area contributed by atoms with E-state index in [0.29, 0.717) is 31.0 Å². The van der Waals surface area contributed by atoms with E-state index in [9.17, 15) is 18.0 Å². The number of piperidine rings is 2. The molecule has 9 nitrogen and oxygen atoms in total. The number of quaternary nitrogens is 2. The summed E-state index contributed by atoms with van der Waals surface area (Å²) >= 11 is 0. The Labute approximate surface area is 217 Å². The minimum absolute atomic E-state index is 0.0106. The molecule has 12 heteroatoms. The first-order valence-electron chi connectivity index (χ1n) is 14.4. The normalized spacial score (nSPS) is 40.7. The summed E-state index contributed by atoms with van der Waals surface area (Å²) in [5, 5.41) is 6.16. The SMILES string of the molecule is NC(=O)C1CCN(C2CC(C3NOC([C@@H]4CCC[NH+]4CC4CCCC(OC(F)(F)F)C4)N3)CC[NH2+]2)CC1. The molecular formula is C25H45F3N6O3+2. The maximum Gasteiger partial charge on any atom is 0.522 e. The Morgan fingerprint density at radius 1 is 1.11 bits per heavy atom. The van der Waals surface area contributed by atoms with E-state index in [4.69, 9.17) is 10.6 Å². The zero-order chi connectivity index (χ0) is 26.0. The summed E-state index contributed by atoms with van der Waals surface area (Å²) in [6, 6.07) is 0.306. The van der Waals surface area contributed by atoms with E-state index in [0.717, 1.165) is 84.1 Å². The molecular weight excluding hydrogens is 489 g/mol. The smallest absolute Gasteiger partial charge is 0.369 e. The summed E-state index contributed by atoms with van der Waals surface area (Å²) in [5.74, 6) is 0.553. The molecule has 4 saturated heterocycles. The predicted octanol–water partition coefficient (Wildman–Crippen LogP) is -0.598.